The Hall–Kier alpha value is -2.58. The van der Waals surface area contributed by atoms with Crippen LogP contribution in [0.2, 0.25) is 0 Å². The van der Waals surface area contributed by atoms with Crippen LogP contribution in [0.5, 0.6) is 11.5 Å². The Morgan fingerprint density at radius 2 is 1.97 bits per heavy atom. The summed E-state index contributed by atoms with van der Waals surface area (Å²) in [7, 11) is 0. The van der Waals surface area contributed by atoms with Gasteiger partial charge in [-0.2, -0.15) is 0 Å². The molecule has 0 saturated carbocycles. The molecule has 2 aliphatic heterocycles. The Morgan fingerprint density at radius 1 is 1.13 bits per heavy atom. The number of fused-ring (bicyclic) bond motifs is 1. The second kappa shape index (κ2) is 9.70. The van der Waals surface area contributed by atoms with Crippen LogP contribution in [0.1, 0.15) is 35.8 Å². The fourth-order valence-electron chi connectivity index (χ4n) is 3.83. The van der Waals surface area contributed by atoms with Gasteiger partial charge in [0.05, 0.1) is 19.2 Å². The Kier molecular flexibility index (Phi) is 6.77. The number of thiophene rings is 1. The SMILES string of the molecule is CC(=O)N(CC(=O)N(Cc1ccc2c(c1)OCO2)Cc1sccc1C)C[C@@H]1CCCO1. The highest BCUT2D eigenvalue weighted by Gasteiger charge is 2.25. The quantitative estimate of drug-likeness (QED) is 0.625. The van der Waals surface area contributed by atoms with Gasteiger partial charge in [-0.3, -0.25) is 9.59 Å². The number of rotatable bonds is 8. The van der Waals surface area contributed by atoms with Crippen molar-refractivity contribution in [3.63, 3.8) is 0 Å². The molecule has 3 heterocycles. The highest BCUT2D eigenvalue weighted by molar-refractivity contribution is 7.10. The van der Waals surface area contributed by atoms with Gasteiger partial charge in [-0.25, -0.2) is 0 Å². The average Bonchev–Trinajstić information content (AvgIpc) is 3.49. The zero-order chi connectivity index (χ0) is 21.8. The minimum atomic E-state index is -0.112. The van der Waals surface area contributed by atoms with E-state index in [4.69, 9.17) is 14.2 Å². The van der Waals surface area contributed by atoms with Crippen LogP contribution in [0.25, 0.3) is 0 Å². The molecule has 0 bridgehead atoms. The molecule has 1 atom stereocenters. The lowest BCUT2D eigenvalue weighted by atomic mass is 10.1. The predicted octanol–water partition coefficient (Wildman–Crippen LogP) is 3.34. The molecule has 4 rings (SSSR count). The topological polar surface area (TPSA) is 68.3 Å². The van der Waals surface area contributed by atoms with E-state index in [9.17, 15) is 9.59 Å². The zero-order valence-electron chi connectivity index (χ0n) is 18.0. The summed E-state index contributed by atoms with van der Waals surface area (Å²) in [5, 5.41) is 2.03. The Balaban J connectivity index is 1.50. The van der Waals surface area contributed by atoms with E-state index in [2.05, 4.69) is 6.07 Å². The monoisotopic (exact) mass is 444 g/mol. The van der Waals surface area contributed by atoms with Crippen LogP contribution >= 0.6 is 11.3 Å². The van der Waals surface area contributed by atoms with Crippen LogP contribution in [0, 0.1) is 6.92 Å². The van der Waals surface area contributed by atoms with Gasteiger partial charge >= 0.3 is 0 Å². The predicted molar refractivity (Wildman–Crippen MR) is 117 cm³/mol. The lowest BCUT2D eigenvalue weighted by Crippen LogP contribution is -2.44. The smallest absolute Gasteiger partial charge is 0.242 e. The van der Waals surface area contributed by atoms with Crippen LogP contribution in [0.3, 0.4) is 0 Å². The van der Waals surface area contributed by atoms with Crippen LogP contribution < -0.4 is 9.47 Å². The molecule has 31 heavy (non-hydrogen) atoms. The first-order chi connectivity index (χ1) is 15.0. The van der Waals surface area contributed by atoms with Gasteiger partial charge in [0.15, 0.2) is 11.5 Å². The molecular formula is C23H28N2O5S. The van der Waals surface area contributed by atoms with Crippen molar-refractivity contribution in [3.8, 4) is 11.5 Å². The first-order valence-corrected chi connectivity index (χ1v) is 11.4. The molecule has 8 heteroatoms. The summed E-state index contributed by atoms with van der Waals surface area (Å²) in [6.45, 7) is 5.93. The number of carbonyl (C=O) groups is 2. The maximum atomic E-state index is 13.3. The fourth-order valence-corrected chi connectivity index (χ4v) is 4.75. The van der Waals surface area contributed by atoms with Crippen molar-refractivity contribution in [2.45, 2.75) is 45.9 Å². The van der Waals surface area contributed by atoms with Crippen molar-refractivity contribution in [2.75, 3.05) is 26.5 Å². The molecule has 0 spiro atoms. The lowest BCUT2D eigenvalue weighted by Gasteiger charge is -2.28. The normalized spacial score (nSPS) is 17.0. The summed E-state index contributed by atoms with van der Waals surface area (Å²) in [6.07, 6.45) is 1.93. The fraction of sp³-hybridized carbons (Fsp3) is 0.478. The van der Waals surface area contributed by atoms with Gasteiger partial charge in [-0.15, -0.1) is 11.3 Å². The first-order valence-electron chi connectivity index (χ1n) is 10.6. The van der Waals surface area contributed by atoms with E-state index in [-0.39, 0.29) is 31.3 Å². The van der Waals surface area contributed by atoms with E-state index < -0.39 is 0 Å². The third-order valence-corrected chi connectivity index (χ3v) is 6.69. The van der Waals surface area contributed by atoms with Gasteiger partial charge in [0.1, 0.15) is 0 Å². The second-order valence-corrected chi connectivity index (χ2v) is 9.00. The molecule has 2 aromatic rings. The number of amides is 2. The number of benzene rings is 1. The van der Waals surface area contributed by atoms with Crippen LogP contribution in [0.15, 0.2) is 29.6 Å². The number of aryl methyl sites for hydroxylation is 1. The zero-order valence-corrected chi connectivity index (χ0v) is 18.8. The van der Waals surface area contributed by atoms with Crippen molar-refractivity contribution in [1.82, 2.24) is 9.80 Å². The van der Waals surface area contributed by atoms with Crippen molar-refractivity contribution in [1.29, 1.82) is 0 Å². The van der Waals surface area contributed by atoms with Crippen molar-refractivity contribution in [3.05, 3.63) is 45.6 Å². The Labute approximate surface area is 186 Å². The highest BCUT2D eigenvalue weighted by atomic mass is 32.1. The maximum Gasteiger partial charge on any atom is 0.242 e. The summed E-state index contributed by atoms with van der Waals surface area (Å²) in [5.41, 5.74) is 2.12. The Bertz CT molecular complexity index is 938. The van der Waals surface area contributed by atoms with Gasteiger partial charge in [0.25, 0.3) is 0 Å². The Morgan fingerprint density at radius 3 is 2.68 bits per heavy atom. The van der Waals surface area contributed by atoms with Crippen LogP contribution in [-0.2, 0) is 27.4 Å². The van der Waals surface area contributed by atoms with Gasteiger partial charge in [0.2, 0.25) is 18.6 Å². The standard InChI is InChI=1S/C23H28N2O5S/c1-16-7-9-31-22(16)13-25(11-18-5-6-20-21(10-18)30-15-29-20)23(27)14-24(17(2)26)12-19-4-3-8-28-19/h5-7,9-10,19H,3-4,8,11-15H2,1-2H3/t19-/m0/s1. The molecule has 0 unspecified atom stereocenters. The summed E-state index contributed by atoms with van der Waals surface area (Å²) >= 11 is 1.64. The van der Waals surface area contributed by atoms with Gasteiger partial charge < -0.3 is 24.0 Å². The van der Waals surface area contributed by atoms with Gasteiger partial charge in [-0.1, -0.05) is 6.07 Å². The number of hydrogen-bond acceptors (Lipinski definition) is 6. The number of nitrogens with zero attached hydrogens (tertiary/aromatic N) is 2. The van der Waals surface area contributed by atoms with Crippen molar-refractivity contribution >= 4 is 23.2 Å². The van der Waals surface area contributed by atoms with Crippen molar-refractivity contribution in [2.24, 2.45) is 0 Å². The largest absolute Gasteiger partial charge is 0.454 e. The minimum Gasteiger partial charge on any atom is -0.454 e. The van der Waals surface area contributed by atoms with E-state index >= 15 is 0 Å². The molecule has 7 nitrogen and oxygen atoms in total. The van der Waals surface area contributed by atoms with E-state index in [1.54, 1.807) is 16.2 Å². The molecule has 0 radical (unpaired) electrons. The maximum absolute atomic E-state index is 13.3. The molecule has 166 valence electrons. The summed E-state index contributed by atoms with van der Waals surface area (Å²) < 4.78 is 16.6. The van der Waals surface area contributed by atoms with E-state index in [0.29, 0.717) is 25.4 Å². The van der Waals surface area contributed by atoms with Crippen LogP contribution in [-0.4, -0.2) is 54.2 Å². The molecule has 2 aliphatic rings. The summed E-state index contributed by atoms with van der Waals surface area (Å²) in [4.78, 5) is 30.1. The number of ether oxygens (including phenoxy) is 3. The molecule has 0 aliphatic carbocycles. The molecule has 2 amide bonds. The third kappa shape index (κ3) is 5.37. The van der Waals surface area contributed by atoms with Crippen molar-refractivity contribution < 1.29 is 23.8 Å². The molecular weight excluding hydrogens is 416 g/mol. The minimum absolute atomic E-state index is 0.0125. The van der Waals surface area contributed by atoms with E-state index in [0.717, 1.165) is 41.2 Å². The van der Waals surface area contributed by atoms with Gasteiger partial charge in [0, 0.05) is 31.5 Å². The molecule has 1 saturated heterocycles. The molecule has 1 fully saturated rings. The average molecular weight is 445 g/mol. The molecule has 0 N–H and O–H groups in total. The summed E-state index contributed by atoms with van der Waals surface area (Å²) in [5.74, 6) is 1.22. The number of carbonyl (C=O) groups excluding carboxylic acids is 2. The second-order valence-electron chi connectivity index (χ2n) is 8.00. The lowest BCUT2D eigenvalue weighted by molar-refractivity contribution is -0.141. The van der Waals surface area contributed by atoms with Crippen LogP contribution in [0.4, 0.5) is 0 Å². The third-order valence-electron chi connectivity index (χ3n) is 5.69. The van der Waals surface area contributed by atoms with Gasteiger partial charge in [-0.05, 0) is 54.5 Å². The van der Waals surface area contributed by atoms with E-state index in [1.807, 2.05) is 35.4 Å². The number of hydrogen-bond donors (Lipinski definition) is 0. The molecule has 1 aromatic carbocycles. The molecule has 1 aromatic heterocycles. The van der Waals surface area contributed by atoms with E-state index in [1.165, 1.54) is 6.92 Å². The highest BCUT2D eigenvalue weighted by Crippen LogP contribution is 2.33. The first kappa shape index (κ1) is 21.6. The summed E-state index contributed by atoms with van der Waals surface area (Å²) in [6, 6.07) is 7.79.